The van der Waals surface area contributed by atoms with Crippen LogP contribution in [0.1, 0.15) is 47.1 Å². The number of benzene rings is 3. The molecule has 0 saturated carbocycles. The number of aliphatic hydroxyl groups excluding tert-OH is 1. The Bertz CT molecular complexity index is 1520. The summed E-state index contributed by atoms with van der Waals surface area (Å²) in [5, 5.41) is 28.3. The molecule has 5 rings (SSSR count). The van der Waals surface area contributed by atoms with Crippen LogP contribution in [0.4, 0.5) is 0 Å². The number of hydrogen-bond donors (Lipinski definition) is 2. The van der Waals surface area contributed by atoms with Gasteiger partial charge in [-0.05, 0) is 67.1 Å². The average molecular weight is 633 g/mol. The fraction of sp³-hybridized carbons (Fsp3) is 0.267. The van der Waals surface area contributed by atoms with Gasteiger partial charge in [-0.15, -0.1) is 10.2 Å². The first-order valence-electron chi connectivity index (χ1n) is 12.8. The summed E-state index contributed by atoms with van der Waals surface area (Å²) in [5.41, 5.74) is 3.42. The predicted octanol–water partition coefficient (Wildman–Crippen LogP) is 5.27. The molecule has 2 heterocycles. The van der Waals surface area contributed by atoms with Crippen molar-refractivity contribution >= 4 is 28.8 Å². The van der Waals surface area contributed by atoms with E-state index in [0.717, 1.165) is 18.4 Å². The topological polar surface area (TPSA) is 115 Å². The molecule has 3 aromatic carbocycles. The summed E-state index contributed by atoms with van der Waals surface area (Å²) in [6.07, 6.45) is 2.24. The molecule has 1 aliphatic rings. The number of carbonyl (C=O) groups excluding carboxylic acids is 1. The van der Waals surface area contributed by atoms with Crippen molar-refractivity contribution in [1.82, 2.24) is 18.6 Å². The number of rotatable bonds is 8. The van der Waals surface area contributed by atoms with Gasteiger partial charge in [0.15, 0.2) is 0 Å². The minimum atomic E-state index is -0.624. The molecule has 0 spiro atoms. The zero-order chi connectivity index (χ0) is 27.4. The summed E-state index contributed by atoms with van der Waals surface area (Å²) in [4.78, 5) is 15.3. The number of nitrogens with zero attached hydrogens (tertiary/aromatic N) is 4. The van der Waals surface area contributed by atoms with Crippen LogP contribution in [0.2, 0.25) is 0 Å². The smallest absolute Gasteiger partial charge is 0.254 e. The van der Waals surface area contributed by atoms with Gasteiger partial charge in [-0.1, -0.05) is 48.5 Å². The molecule has 9 heteroatoms. The number of aliphatic hydroxyl groups is 1. The third kappa shape index (κ3) is 5.59. The van der Waals surface area contributed by atoms with Crippen LogP contribution in [0.15, 0.2) is 77.2 Å². The van der Waals surface area contributed by atoms with Gasteiger partial charge in [-0.25, -0.2) is 3.53 Å². The van der Waals surface area contributed by atoms with Gasteiger partial charge in [-0.2, -0.15) is 5.26 Å². The molecular weight excluding hydrogens is 605 g/mol. The highest BCUT2D eigenvalue weighted by Crippen LogP contribution is 2.33. The van der Waals surface area contributed by atoms with Crippen LogP contribution in [0.25, 0.3) is 22.6 Å². The van der Waals surface area contributed by atoms with Gasteiger partial charge in [0.05, 0.1) is 24.3 Å². The molecule has 8 nitrogen and oxygen atoms in total. The van der Waals surface area contributed by atoms with Crippen LogP contribution in [0, 0.1) is 11.3 Å². The van der Waals surface area contributed by atoms with E-state index in [2.05, 4.69) is 54.8 Å². The van der Waals surface area contributed by atoms with Gasteiger partial charge >= 0.3 is 0 Å². The summed E-state index contributed by atoms with van der Waals surface area (Å²) in [6.45, 7) is 2.51. The van der Waals surface area contributed by atoms with Gasteiger partial charge < -0.3 is 14.4 Å². The van der Waals surface area contributed by atoms with E-state index in [-0.39, 0.29) is 24.4 Å². The molecule has 1 amide bonds. The number of halogens is 1. The lowest BCUT2D eigenvalue weighted by Gasteiger charge is -2.24. The molecule has 2 atom stereocenters. The summed E-state index contributed by atoms with van der Waals surface area (Å²) in [6, 6.07) is 24.8. The fourth-order valence-corrected chi connectivity index (χ4v) is 5.46. The largest absolute Gasteiger partial charge is 0.419 e. The highest BCUT2D eigenvalue weighted by atomic mass is 127. The monoisotopic (exact) mass is 633 g/mol. The van der Waals surface area contributed by atoms with Crippen molar-refractivity contribution in [2.75, 3.05) is 13.2 Å². The Labute approximate surface area is 241 Å². The molecule has 39 heavy (non-hydrogen) atoms. The number of nitriles is 1. The Balaban J connectivity index is 1.57. The van der Waals surface area contributed by atoms with E-state index < -0.39 is 5.54 Å². The number of hydrogen-bond acceptors (Lipinski definition) is 7. The number of amides is 1. The Kier molecular flexibility index (Phi) is 8.07. The Morgan fingerprint density at radius 1 is 1.15 bits per heavy atom. The molecule has 1 aromatic heterocycles. The second-order valence-corrected chi connectivity index (χ2v) is 10.5. The highest BCUT2D eigenvalue weighted by Gasteiger charge is 2.33. The standard InChI is InChI=1S/C30H28IN5O3/c1-30(35-31,17-20-8-3-2-4-9-20)29-34-33-27(39-29)23-14-22(26-12-6-5-10-21(26)18-32)15-24(16-23)28(38)36-13-7-11-25(36)19-37/h2-6,8-10,12,14-16,25,35,37H,7,11,13,17,19H2,1H3/t25?,30-/m1/s1. The second-order valence-electron chi connectivity index (χ2n) is 9.93. The molecule has 1 saturated heterocycles. The number of nitrogens with one attached hydrogen (secondary N) is 1. The predicted molar refractivity (Wildman–Crippen MR) is 156 cm³/mol. The van der Waals surface area contributed by atoms with Crippen molar-refractivity contribution in [1.29, 1.82) is 5.26 Å². The first-order chi connectivity index (χ1) is 19.0. The lowest BCUT2D eigenvalue weighted by molar-refractivity contribution is 0.0677. The minimum absolute atomic E-state index is 0.0775. The molecule has 198 valence electrons. The van der Waals surface area contributed by atoms with Crippen LogP contribution >= 0.6 is 22.9 Å². The Morgan fingerprint density at radius 3 is 2.64 bits per heavy atom. The molecule has 4 aromatic rings. The molecule has 1 aliphatic heterocycles. The fourth-order valence-electron chi connectivity index (χ4n) is 5.04. The Morgan fingerprint density at radius 2 is 1.90 bits per heavy atom. The van der Waals surface area contributed by atoms with E-state index in [1.165, 1.54) is 0 Å². The Hall–Kier alpha value is -3.59. The maximum absolute atomic E-state index is 13.6. The molecule has 0 aliphatic carbocycles. The maximum atomic E-state index is 13.6. The number of likely N-dealkylation sites (tertiary alicyclic amines) is 1. The lowest BCUT2D eigenvalue weighted by Crippen LogP contribution is -2.37. The van der Waals surface area contributed by atoms with Crippen molar-refractivity contribution in [2.24, 2.45) is 0 Å². The quantitative estimate of drug-likeness (QED) is 0.201. The molecular formula is C30H28IN5O3. The van der Waals surface area contributed by atoms with E-state index in [4.69, 9.17) is 4.42 Å². The molecule has 1 unspecified atom stereocenters. The van der Waals surface area contributed by atoms with Crippen LogP contribution < -0.4 is 3.53 Å². The highest BCUT2D eigenvalue weighted by molar-refractivity contribution is 14.1. The zero-order valence-electron chi connectivity index (χ0n) is 21.5. The van der Waals surface area contributed by atoms with E-state index in [9.17, 15) is 15.2 Å². The molecule has 0 radical (unpaired) electrons. The first kappa shape index (κ1) is 27.0. The second kappa shape index (κ2) is 11.7. The van der Waals surface area contributed by atoms with Crippen LogP contribution in [0.3, 0.4) is 0 Å². The average Bonchev–Trinajstić information content (AvgIpc) is 3.68. The summed E-state index contributed by atoms with van der Waals surface area (Å²) < 4.78 is 9.52. The van der Waals surface area contributed by atoms with Gasteiger partial charge in [0.2, 0.25) is 11.8 Å². The van der Waals surface area contributed by atoms with Crippen LogP contribution in [0.5, 0.6) is 0 Å². The molecule has 0 bridgehead atoms. The van der Waals surface area contributed by atoms with Gasteiger partial charge in [0.25, 0.3) is 5.91 Å². The van der Waals surface area contributed by atoms with Gasteiger partial charge in [0.1, 0.15) is 5.54 Å². The van der Waals surface area contributed by atoms with Crippen molar-refractivity contribution in [3.8, 4) is 28.7 Å². The third-order valence-corrected chi connectivity index (χ3v) is 8.33. The third-order valence-electron chi connectivity index (χ3n) is 7.14. The lowest BCUT2D eigenvalue weighted by atomic mass is 9.94. The van der Waals surface area contributed by atoms with E-state index in [1.807, 2.05) is 49.4 Å². The van der Waals surface area contributed by atoms with Crippen LogP contribution in [-0.2, 0) is 12.0 Å². The van der Waals surface area contributed by atoms with Crippen LogP contribution in [-0.4, -0.2) is 45.3 Å². The van der Waals surface area contributed by atoms with Gasteiger partial charge in [0, 0.05) is 40.5 Å². The van der Waals surface area contributed by atoms with Crippen molar-refractivity contribution in [3.05, 3.63) is 95.4 Å². The summed E-state index contributed by atoms with van der Waals surface area (Å²) >= 11 is 2.10. The molecule has 1 fully saturated rings. The SMILES string of the molecule is C[C@](Cc1ccccc1)(NI)c1nnc(-c2cc(C(=O)N3CCCC3CO)cc(-c3ccccc3C#N)c2)o1. The summed E-state index contributed by atoms with van der Waals surface area (Å²) in [5.74, 6) is 0.527. The number of aromatic nitrogens is 2. The van der Waals surface area contributed by atoms with Crippen molar-refractivity contribution in [3.63, 3.8) is 0 Å². The maximum Gasteiger partial charge on any atom is 0.254 e. The van der Waals surface area contributed by atoms with Crippen molar-refractivity contribution < 1.29 is 14.3 Å². The minimum Gasteiger partial charge on any atom is -0.419 e. The van der Waals surface area contributed by atoms with E-state index >= 15 is 0 Å². The molecule has 2 N–H and O–H groups in total. The summed E-state index contributed by atoms with van der Waals surface area (Å²) in [7, 11) is 0. The normalized spacial score (nSPS) is 16.6. The first-order valence-corrected chi connectivity index (χ1v) is 13.9. The number of carbonyl (C=O) groups is 1. The van der Waals surface area contributed by atoms with Gasteiger partial charge in [-0.3, -0.25) is 4.79 Å². The van der Waals surface area contributed by atoms with Crippen molar-refractivity contribution in [2.45, 2.75) is 37.8 Å². The van der Waals surface area contributed by atoms with E-state index in [1.54, 1.807) is 23.1 Å². The zero-order valence-corrected chi connectivity index (χ0v) is 23.6. The van der Waals surface area contributed by atoms with E-state index in [0.29, 0.717) is 46.7 Å².